The number of thiazole rings is 1. The number of allylic oxidation sites excluding steroid dienone is 1. The fourth-order valence-electron chi connectivity index (χ4n) is 3.46. The number of carbonyl (C=O) groups is 3. The Morgan fingerprint density at radius 1 is 1.46 bits per heavy atom. The van der Waals surface area contributed by atoms with Crippen molar-refractivity contribution in [3.63, 3.8) is 0 Å². The van der Waals surface area contributed by atoms with E-state index in [2.05, 4.69) is 37.6 Å². The van der Waals surface area contributed by atoms with Gasteiger partial charge in [-0.1, -0.05) is 23.0 Å². The van der Waals surface area contributed by atoms with Crippen LogP contribution in [0.4, 0.5) is 5.13 Å². The summed E-state index contributed by atoms with van der Waals surface area (Å²) < 4.78 is 1.53. The number of aliphatic carboxylic acids is 1. The molecule has 1 unspecified atom stereocenters. The molecule has 4 heterocycles. The molecule has 0 bridgehead atoms. The number of hydrogen-bond acceptors (Lipinski definition) is 14. The number of nitrogens with one attached hydrogen (secondary N) is 1. The highest BCUT2D eigenvalue weighted by molar-refractivity contribution is 8.01. The summed E-state index contributed by atoms with van der Waals surface area (Å²) in [6.45, 7) is 4.30. The number of anilines is 1. The molecule has 2 amide bonds. The molecular formula is C19H22N10O5S3. The number of rotatable bonds is 12. The van der Waals surface area contributed by atoms with E-state index in [1.54, 1.807) is 6.08 Å². The average molecular weight is 567 g/mol. The second-order valence-corrected chi connectivity index (χ2v) is 10.4. The standard InChI is InChI=1S/C19H22N10O5S3/c1-2-4-28-19(24-26-27-28)37-7-9-6-35-16-12(15(31)29(16)13(9)17(32)33)23-14(30)11(25-34-5-3-20)10-8-36-18(21)22-10/h2,8,12,16H,1,3-7,20H2,(H2,21,22)(H,23,30)(H,32,33)/t12?,16-/m0/s1. The summed E-state index contributed by atoms with van der Waals surface area (Å²) in [5.41, 5.74) is 11.5. The molecule has 18 heteroatoms. The SMILES string of the molecule is C=CCn1nnnc1SCC1=C(C(=O)O)N2C(=O)C(NC(=O)C(=NOCCN)c3csc(N)n3)[C@@H]2SC1. The first-order valence-corrected chi connectivity index (χ1v) is 13.6. The van der Waals surface area contributed by atoms with Gasteiger partial charge in [-0.25, -0.2) is 14.5 Å². The number of amides is 2. The second kappa shape index (κ2) is 11.7. The normalized spacial score (nSPS) is 19.3. The molecule has 196 valence electrons. The third-order valence-corrected chi connectivity index (χ3v) is 8.11. The van der Waals surface area contributed by atoms with Gasteiger partial charge in [0.15, 0.2) is 10.8 Å². The predicted molar refractivity (Wildman–Crippen MR) is 136 cm³/mol. The summed E-state index contributed by atoms with van der Waals surface area (Å²) in [7, 11) is 0. The lowest BCUT2D eigenvalue weighted by Gasteiger charge is -2.49. The molecule has 0 radical (unpaired) electrons. The van der Waals surface area contributed by atoms with E-state index in [1.807, 2.05) is 0 Å². The highest BCUT2D eigenvalue weighted by Gasteiger charge is 2.54. The second-order valence-electron chi connectivity index (χ2n) is 7.47. The van der Waals surface area contributed by atoms with Crippen LogP contribution in [0, 0.1) is 0 Å². The topological polar surface area (TPSA) is 217 Å². The fraction of sp³-hybridized carbons (Fsp3) is 0.368. The largest absolute Gasteiger partial charge is 0.477 e. The van der Waals surface area contributed by atoms with Crippen LogP contribution in [0.15, 0.2) is 39.6 Å². The Labute approximate surface area is 222 Å². The van der Waals surface area contributed by atoms with Crippen molar-refractivity contribution in [3.8, 4) is 0 Å². The Bertz CT molecular complexity index is 1270. The minimum absolute atomic E-state index is 0.0680. The van der Waals surface area contributed by atoms with Gasteiger partial charge in [0.25, 0.3) is 11.8 Å². The third-order valence-electron chi connectivity index (χ3n) is 5.06. The van der Waals surface area contributed by atoms with E-state index in [0.29, 0.717) is 23.0 Å². The summed E-state index contributed by atoms with van der Waals surface area (Å²) in [5, 5.41) is 29.4. The van der Waals surface area contributed by atoms with E-state index in [1.165, 1.54) is 38.5 Å². The van der Waals surface area contributed by atoms with Crippen LogP contribution in [0.3, 0.4) is 0 Å². The van der Waals surface area contributed by atoms with Crippen molar-refractivity contribution < 1.29 is 24.3 Å². The average Bonchev–Trinajstić information content (AvgIpc) is 3.51. The lowest BCUT2D eigenvalue weighted by atomic mass is 10.0. The number of carboxylic acids is 1. The van der Waals surface area contributed by atoms with Gasteiger partial charge in [-0.05, 0) is 16.0 Å². The summed E-state index contributed by atoms with van der Waals surface area (Å²) in [6, 6.07) is -0.961. The molecule has 2 aromatic rings. The first kappa shape index (κ1) is 26.6. The van der Waals surface area contributed by atoms with Gasteiger partial charge in [0.2, 0.25) is 5.16 Å². The number of nitrogens with zero attached hydrogens (tertiary/aromatic N) is 7. The number of carbonyl (C=O) groups excluding carboxylic acids is 2. The predicted octanol–water partition coefficient (Wildman–Crippen LogP) is -0.892. The lowest BCUT2D eigenvalue weighted by Crippen LogP contribution is -2.71. The number of nitrogens with two attached hydrogens (primary N) is 2. The molecule has 4 rings (SSSR count). The Balaban J connectivity index is 1.48. The Hall–Kier alpha value is -3.48. The van der Waals surface area contributed by atoms with Crippen LogP contribution in [0.2, 0.25) is 0 Å². The van der Waals surface area contributed by atoms with Gasteiger partial charge in [0.05, 0.1) is 6.54 Å². The molecule has 2 aliphatic rings. The number of aromatic nitrogens is 5. The highest BCUT2D eigenvalue weighted by atomic mass is 32.2. The number of nitrogen functional groups attached to an aromatic ring is 1. The summed E-state index contributed by atoms with van der Waals surface area (Å²) in [4.78, 5) is 48.4. The van der Waals surface area contributed by atoms with Crippen LogP contribution in [-0.2, 0) is 25.8 Å². The molecule has 0 saturated carbocycles. The monoisotopic (exact) mass is 566 g/mol. The van der Waals surface area contributed by atoms with Crippen molar-refractivity contribution in [2.75, 3.05) is 30.4 Å². The maximum atomic E-state index is 13.0. The molecule has 2 aliphatic heterocycles. The van der Waals surface area contributed by atoms with E-state index < -0.39 is 29.2 Å². The Morgan fingerprint density at radius 2 is 2.27 bits per heavy atom. The van der Waals surface area contributed by atoms with E-state index in [4.69, 9.17) is 16.3 Å². The molecule has 0 aromatic carbocycles. The number of carboxylic acid groups (broad SMARTS) is 1. The van der Waals surface area contributed by atoms with Crippen LogP contribution >= 0.6 is 34.9 Å². The maximum absolute atomic E-state index is 13.0. The summed E-state index contributed by atoms with van der Waals surface area (Å²) >= 11 is 3.71. The third kappa shape index (κ3) is 5.60. The molecule has 1 saturated heterocycles. The number of thioether (sulfide) groups is 2. The minimum atomic E-state index is -1.24. The van der Waals surface area contributed by atoms with Gasteiger partial charge in [-0.15, -0.1) is 34.8 Å². The van der Waals surface area contributed by atoms with E-state index in [-0.39, 0.29) is 41.1 Å². The zero-order valence-corrected chi connectivity index (χ0v) is 21.6. The van der Waals surface area contributed by atoms with Gasteiger partial charge in [0, 0.05) is 23.4 Å². The first-order valence-electron chi connectivity index (χ1n) is 10.7. The number of tetrazole rings is 1. The lowest BCUT2D eigenvalue weighted by molar-refractivity contribution is -0.150. The van der Waals surface area contributed by atoms with E-state index in [9.17, 15) is 19.5 Å². The van der Waals surface area contributed by atoms with Gasteiger partial charge in [0.1, 0.15) is 29.4 Å². The van der Waals surface area contributed by atoms with Crippen molar-refractivity contribution in [1.29, 1.82) is 0 Å². The van der Waals surface area contributed by atoms with Crippen LogP contribution in [0.5, 0.6) is 0 Å². The molecule has 1 fully saturated rings. The first-order chi connectivity index (χ1) is 17.8. The molecule has 2 aromatic heterocycles. The molecular weight excluding hydrogens is 544 g/mol. The van der Waals surface area contributed by atoms with Crippen molar-refractivity contribution in [1.82, 2.24) is 35.4 Å². The number of hydrogen-bond donors (Lipinski definition) is 4. The van der Waals surface area contributed by atoms with Gasteiger partial charge in [-0.3, -0.25) is 14.5 Å². The van der Waals surface area contributed by atoms with Crippen LogP contribution < -0.4 is 16.8 Å². The van der Waals surface area contributed by atoms with Crippen molar-refractivity contribution >= 4 is 63.5 Å². The fourth-order valence-corrected chi connectivity index (χ4v) is 6.38. The van der Waals surface area contributed by atoms with Gasteiger partial charge >= 0.3 is 5.97 Å². The number of oxime groups is 1. The van der Waals surface area contributed by atoms with E-state index in [0.717, 1.165) is 11.3 Å². The van der Waals surface area contributed by atoms with Crippen LogP contribution in [0.1, 0.15) is 5.69 Å². The zero-order valence-electron chi connectivity index (χ0n) is 19.1. The van der Waals surface area contributed by atoms with Crippen LogP contribution in [-0.4, -0.2) is 94.8 Å². The van der Waals surface area contributed by atoms with Gasteiger partial charge < -0.3 is 26.7 Å². The molecule has 0 spiro atoms. The van der Waals surface area contributed by atoms with Crippen molar-refractivity contribution in [2.24, 2.45) is 10.9 Å². The summed E-state index contributed by atoms with van der Waals surface area (Å²) in [6.07, 6.45) is 1.64. The Kier molecular flexibility index (Phi) is 8.41. The number of fused-ring (bicyclic) bond motifs is 1. The molecule has 37 heavy (non-hydrogen) atoms. The number of β-lactam (4-membered cyclic amide) rings is 1. The van der Waals surface area contributed by atoms with Crippen LogP contribution in [0.25, 0.3) is 0 Å². The molecule has 0 aliphatic carbocycles. The molecule has 15 nitrogen and oxygen atoms in total. The van der Waals surface area contributed by atoms with Gasteiger partial charge in [-0.2, -0.15) is 0 Å². The quantitative estimate of drug-likeness (QED) is 0.0613. The highest BCUT2D eigenvalue weighted by Crippen LogP contribution is 2.41. The van der Waals surface area contributed by atoms with E-state index >= 15 is 0 Å². The maximum Gasteiger partial charge on any atom is 0.352 e. The smallest absolute Gasteiger partial charge is 0.352 e. The van der Waals surface area contributed by atoms with Crippen molar-refractivity contribution in [3.05, 3.63) is 35.0 Å². The minimum Gasteiger partial charge on any atom is -0.477 e. The molecule has 2 atom stereocenters. The zero-order chi connectivity index (χ0) is 26.5. The molecule has 6 N–H and O–H groups in total. The van der Waals surface area contributed by atoms with Crippen molar-refractivity contribution in [2.45, 2.75) is 23.1 Å². The Morgan fingerprint density at radius 3 is 2.95 bits per heavy atom. The summed E-state index contributed by atoms with van der Waals surface area (Å²) in [5.74, 6) is -1.90.